The first-order chi connectivity index (χ1) is 13.6. The minimum Gasteiger partial charge on any atom is -0.460 e. The molecule has 0 atom stereocenters. The summed E-state index contributed by atoms with van der Waals surface area (Å²) in [5.74, 6) is -0.223. The van der Waals surface area contributed by atoms with Crippen molar-refractivity contribution in [2.45, 2.75) is 6.54 Å². The van der Waals surface area contributed by atoms with Crippen LogP contribution in [0.15, 0.2) is 48.5 Å². The number of esters is 1. The smallest absolute Gasteiger partial charge is 0.338 e. The Morgan fingerprint density at radius 1 is 1.14 bits per heavy atom. The van der Waals surface area contributed by atoms with E-state index in [0.29, 0.717) is 32.8 Å². The van der Waals surface area contributed by atoms with Crippen LogP contribution in [0.5, 0.6) is 0 Å². The van der Waals surface area contributed by atoms with Crippen LogP contribution < -0.4 is 5.73 Å². The topological polar surface area (TPSA) is 107 Å². The Hall–Kier alpha value is -3.63. The first-order valence-corrected chi connectivity index (χ1v) is 8.83. The molecule has 0 aliphatic carbocycles. The van der Waals surface area contributed by atoms with Gasteiger partial charge in [0.1, 0.15) is 29.6 Å². The lowest BCUT2D eigenvalue weighted by atomic mass is 10.2. The van der Waals surface area contributed by atoms with Crippen molar-refractivity contribution in [2.24, 2.45) is 0 Å². The van der Waals surface area contributed by atoms with Crippen LogP contribution in [0, 0.1) is 11.3 Å². The van der Waals surface area contributed by atoms with E-state index in [2.05, 4.69) is 16.0 Å². The molecule has 2 aromatic carbocycles. The number of nitrogens with zero attached hydrogens (tertiary/aromatic N) is 4. The van der Waals surface area contributed by atoms with Gasteiger partial charge in [0.15, 0.2) is 5.65 Å². The molecule has 0 spiro atoms. The average molecular weight is 392 g/mol. The van der Waals surface area contributed by atoms with Gasteiger partial charge >= 0.3 is 5.97 Å². The maximum absolute atomic E-state index is 12.1. The Morgan fingerprint density at radius 2 is 1.82 bits per heavy atom. The second-order valence-corrected chi connectivity index (χ2v) is 6.49. The lowest BCUT2D eigenvalue weighted by molar-refractivity contribution is 0.0493. The summed E-state index contributed by atoms with van der Waals surface area (Å²) in [7, 11) is 0. The number of rotatable bonds is 4. The van der Waals surface area contributed by atoms with Gasteiger partial charge in [-0.2, -0.15) is 5.26 Å². The van der Waals surface area contributed by atoms with E-state index in [0.717, 1.165) is 0 Å². The van der Waals surface area contributed by atoms with E-state index in [1.54, 1.807) is 28.8 Å². The number of carbonyl (C=O) groups is 1. The quantitative estimate of drug-likeness (QED) is 0.533. The molecule has 0 saturated heterocycles. The molecular weight excluding hydrogens is 378 g/mol. The fraction of sp³-hybridized carbons (Fsp3) is 0.100. The second kappa shape index (κ2) is 7.18. The highest BCUT2D eigenvalue weighted by molar-refractivity contribution is 6.30. The normalized spacial score (nSPS) is 10.9. The van der Waals surface area contributed by atoms with Crippen LogP contribution in [0.25, 0.3) is 22.2 Å². The van der Waals surface area contributed by atoms with E-state index in [-0.39, 0.29) is 24.5 Å². The van der Waals surface area contributed by atoms with Gasteiger partial charge in [0, 0.05) is 5.02 Å². The van der Waals surface area contributed by atoms with Crippen LogP contribution >= 0.6 is 11.6 Å². The first kappa shape index (κ1) is 17.8. The van der Waals surface area contributed by atoms with Gasteiger partial charge in [-0.3, -0.25) is 0 Å². The van der Waals surface area contributed by atoms with Crippen LogP contribution in [-0.2, 0) is 11.3 Å². The lowest BCUT2D eigenvalue weighted by Gasteiger charge is -2.09. The second-order valence-electron chi connectivity index (χ2n) is 6.05. The largest absolute Gasteiger partial charge is 0.460 e. The van der Waals surface area contributed by atoms with Crippen LogP contribution in [-0.4, -0.2) is 27.1 Å². The van der Waals surface area contributed by atoms with E-state index < -0.39 is 5.97 Å². The molecule has 28 heavy (non-hydrogen) atoms. The molecule has 7 nitrogen and oxygen atoms in total. The van der Waals surface area contributed by atoms with Gasteiger partial charge < -0.3 is 15.0 Å². The Balaban J connectivity index is 1.62. The number of halogens is 1. The molecule has 2 N–H and O–H groups in total. The van der Waals surface area contributed by atoms with Crippen LogP contribution in [0.4, 0.5) is 5.82 Å². The summed E-state index contributed by atoms with van der Waals surface area (Å²) in [5, 5.41) is 10.0. The predicted octanol–water partition coefficient (Wildman–Crippen LogP) is 3.55. The zero-order valence-electron chi connectivity index (χ0n) is 14.6. The number of fused-ring (bicyclic) bond motifs is 2. The summed E-state index contributed by atoms with van der Waals surface area (Å²) in [6, 6.07) is 15.9. The summed E-state index contributed by atoms with van der Waals surface area (Å²) in [5.41, 5.74) is 9.09. The number of nitrogen functional groups attached to an aromatic ring is 1. The number of nitriles is 1. The molecule has 2 aromatic heterocycles. The van der Waals surface area contributed by atoms with E-state index in [4.69, 9.17) is 22.1 Å². The summed E-state index contributed by atoms with van der Waals surface area (Å²) >= 11 is 5.82. The van der Waals surface area contributed by atoms with Crippen molar-refractivity contribution in [2.75, 3.05) is 12.3 Å². The third kappa shape index (κ3) is 3.10. The first-order valence-electron chi connectivity index (χ1n) is 8.45. The van der Waals surface area contributed by atoms with Crippen molar-refractivity contribution in [1.82, 2.24) is 14.5 Å². The van der Waals surface area contributed by atoms with Gasteiger partial charge in [0.25, 0.3) is 0 Å². The summed E-state index contributed by atoms with van der Waals surface area (Å²) < 4.78 is 6.96. The monoisotopic (exact) mass is 391 g/mol. The number of aromatic nitrogens is 3. The number of benzene rings is 2. The van der Waals surface area contributed by atoms with Crippen molar-refractivity contribution in [3.05, 3.63) is 64.7 Å². The predicted molar refractivity (Wildman–Crippen MR) is 106 cm³/mol. The van der Waals surface area contributed by atoms with Crippen molar-refractivity contribution in [3.63, 3.8) is 0 Å². The van der Waals surface area contributed by atoms with Gasteiger partial charge in [-0.1, -0.05) is 23.7 Å². The number of para-hydroxylation sites is 2. The molecule has 0 saturated carbocycles. The summed E-state index contributed by atoms with van der Waals surface area (Å²) in [6.45, 7) is 0.311. The Bertz CT molecular complexity index is 1240. The van der Waals surface area contributed by atoms with E-state index in [1.165, 1.54) is 0 Å². The molecule has 0 amide bonds. The van der Waals surface area contributed by atoms with Gasteiger partial charge in [-0.25, -0.2) is 14.8 Å². The fourth-order valence-electron chi connectivity index (χ4n) is 2.95. The molecule has 0 bridgehead atoms. The van der Waals surface area contributed by atoms with Gasteiger partial charge in [0.05, 0.1) is 23.1 Å². The average Bonchev–Trinajstić information content (AvgIpc) is 2.96. The molecule has 4 rings (SSSR count). The Morgan fingerprint density at radius 3 is 2.50 bits per heavy atom. The van der Waals surface area contributed by atoms with Crippen molar-refractivity contribution < 1.29 is 9.53 Å². The number of nitrogens with two attached hydrogens (primary N) is 1. The third-order valence-electron chi connectivity index (χ3n) is 4.33. The number of ether oxygens (including phenoxy) is 1. The molecule has 2 heterocycles. The minimum atomic E-state index is -0.469. The Kier molecular flexibility index (Phi) is 4.55. The molecular formula is C20H14ClN5O2. The SMILES string of the molecule is N#Cc1c(N)n(CCOC(=O)c2ccc(Cl)cc2)c2nc3ccccc3nc12. The highest BCUT2D eigenvalue weighted by Gasteiger charge is 2.18. The highest BCUT2D eigenvalue weighted by atomic mass is 35.5. The fourth-order valence-corrected chi connectivity index (χ4v) is 3.08. The maximum Gasteiger partial charge on any atom is 0.338 e. The molecule has 4 aromatic rings. The van der Waals surface area contributed by atoms with Crippen LogP contribution in [0.2, 0.25) is 5.02 Å². The zero-order chi connectivity index (χ0) is 19.7. The molecule has 8 heteroatoms. The van der Waals surface area contributed by atoms with Gasteiger partial charge in [0.2, 0.25) is 0 Å². The van der Waals surface area contributed by atoms with Gasteiger partial charge in [-0.15, -0.1) is 0 Å². The standard InChI is InChI=1S/C20H14ClN5O2/c21-13-7-5-12(6-8-13)20(27)28-10-9-26-18(23)14(11-22)17-19(26)25-16-4-2-1-3-15(16)24-17/h1-8H,9-10,23H2. The molecule has 0 aliphatic heterocycles. The maximum atomic E-state index is 12.1. The Labute approximate surface area is 164 Å². The number of anilines is 1. The number of hydrogen-bond acceptors (Lipinski definition) is 6. The highest BCUT2D eigenvalue weighted by Crippen LogP contribution is 2.27. The lowest BCUT2D eigenvalue weighted by Crippen LogP contribution is -2.13. The molecule has 0 unspecified atom stereocenters. The van der Waals surface area contributed by atoms with Crippen molar-refractivity contribution >= 4 is 45.6 Å². The third-order valence-corrected chi connectivity index (χ3v) is 4.58. The molecule has 0 fully saturated rings. The van der Waals surface area contributed by atoms with E-state index in [9.17, 15) is 10.1 Å². The van der Waals surface area contributed by atoms with E-state index >= 15 is 0 Å². The number of carbonyl (C=O) groups excluding carboxylic acids is 1. The molecule has 0 radical (unpaired) electrons. The van der Waals surface area contributed by atoms with Crippen molar-refractivity contribution in [1.29, 1.82) is 5.26 Å². The molecule has 0 aliphatic rings. The number of hydrogen-bond donors (Lipinski definition) is 1. The summed E-state index contributed by atoms with van der Waals surface area (Å²) in [4.78, 5) is 21.3. The summed E-state index contributed by atoms with van der Waals surface area (Å²) in [6.07, 6.45) is 0. The van der Waals surface area contributed by atoms with Crippen LogP contribution in [0.1, 0.15) is 15.9 Å². The molecule has 138 valence electrons. The minimum absolute atomic E-state index is 0.0643. The van der Waals surface area contributed by atoms with E-state index in [1.807, 2.05) is 24.3 Å². The van der Waals surface area contributed by atoms with Gasteiger partial charge in [-0.05, 0) is 36.4 Å². The van der Waals surface area contributed by atoms with Crippen LogP contribution in [0.3, 0.4) is 0 Å². The zero-order valence-corrected chi connectivity index (χ0v) is 15.3. The van der Waals surface area contributed by atoms with Crippen molar-refractivity contribution in [3.8, 4) is 6.07 Å².